The van der Waals surface area contributed by atoms with E-state index in [9.17, 15) is 0 Å². The second-order valence-corrected chi connectivity index (χ2v) is 4.59. The highest BCUT2D eigenvalue weighted by Gasteiger charge is 2.04. The predicted molar refractivity (Wildman–Crippen MR) is 71.2 cm³/mol. The lowest BCUT2D eigenvalue weighted by atomic mass is 10.2. The van der Waals surface area contributed by atoms with Crippen molar-refractivity contribution in [2.45, 2.75) is 0 Å². The van der Waals surface area contributed by atoms with E-state index in [1.807, 2.05) is 0 Å². The van der Waals surface area contributed by atoms with Crippen LogP contribution in [0.25, 0.3) is 21.8 Å². The summed E-state index contributed by atoms with van der Waals surface area (Å²) in [7, 11) is 0. The van der Waals surface area contributed by atoms with Gasteiger partial charge in [0.25, 0.3) is 0 Å². The number of benzene rings is 2. The number of H-pyrrole nitrogens is 1. The third kappa shape index (κ3) is 1.50. The molecule has 2 aromatic carbocycles. The summed E-state index contributed by atoms with van der Waals surface area (Å²) in [5.41, 5.74) is 0.477. The molecule has 3 rings (SSSR count). The van der Waals surface area contributed by atoms with E-state index in [1.54, 1.807) is 0 Å². The molecule has 0 saturated carbocycles. The third-order valence-electron chi connectivity index (χ3n) is 2.06. The first-order chi connectivity index (χ1) is 9.77. The number of nitrogens with one attached hydrogen (secondary N) is 1. The SMILES string of the molecule is [2H]c1c(Br)c([2H])c2c([nH]c3c([2H])c([2H])c(Br)c([2H])c32)c1[2H]. The predicted octanol–water partition coefficient (Wildman–Crippen LogP) is 4.85. The minimum absolute atomic E-state index is 0.00483. The molecule has 3 aromatic rings. The van der Waals surface area contributed by atoms with Crippen molar-refractivity contribution in [3.05, 3.63) is 45.2 Å². The highest BCUT2D eigenvalue weighted by atomic mass is 79.9. The summed E-state index contributed by atoms with van der Waals surface area (Å²) < 4.78 is 48.3. The average Bonchev–Trinajstić information content (AvgIpc) is 2.87. The Morgan fingerprint density at radius 2 is 1.33 bits per heavy atom. The van der Waals surface area contributed by atoms with Gasteiger partial charge in [0, 0.05) is 30.8 Å². The molecule has 1 heterocycles. The van der Waals surface area contributed by atoms with Gasteiger partial charge in [-0.15, -0.1) is 0 Å². The van der Waals surface area contributed by atoms with Crippen LogP contribution >= 0.6 is 31.9 Å². The van der Waals surface area contributed by atoms with Crippen LogP contribution in [0.1, 0.15) is 8.22 Å². The van der Waals surface area contributed by atoms with E-state index >= 15 is 0 Å². The fourth-order valence-corrected chi connectivity index (χ4v) is 2.05. The van der Waals surface area contributed by atoms with Gasteiger partial charge in [0.15, 0.2) is 0 Å². The molecule has 74 valence electrons. The zero-order chi connectivity index (χ0) is 15.6. The molecule has 0 atom stereocenters. The Morgan fingerprint density at radius 3 is 1.80 bits per heavy atom. The standard InChI is InChI=1S/C12H7Br2N/c13-7-1-3-11-9(5-7)10-6-8(14)2-4-12(10)15-11/h1-6,15H/i1D,2D,3D,4D,5D,6D. The Hall–Kier alpha value is -0.800. The van der Waals surface area contributed by atoms with Crippen molar-refractivity contribution in [2.75, 3.05) is 0 Å². The van der Waals surface area contributed by atoms with Gasteiger partial charge in [0.2, 0.25) is 0 Å². The van der Waals surface area contributed by atoms with Crippen molar-refractivity contribution in [3.63, 3.8) is 0 Å². The van der Waals surface area contributed by atoms with Gasteiger partial charge in [-0.25, -0.2) is 0 Å². The molecular formula is C12H7Br2N. The summed E-state index contributed by atoms with van der Waals surface area (Å²) in [5.74, 6) is 0. The molecule has 1 N–H and O–H groups in total. The smallest absolute Gasteiger partial charge is 0.0645 e. The number of aromatic nitrogens is 1. The highest BCUT2D eigenvalue weighted by molar-refractivity contribution is 9.10. The Morgan fingerprint density at radius 1 is 0.867 bits per heavy atom. The lowest BCUT2D eigenvalue weighted by Crippen LogP contribution is -1.67. The van der Waals surface area contributed by atoms with Crippen LogP contribution in [-0.4, -0.2) is 4.98 Å². The monoisotopic (exact) mass is 329 g/mol. The zero-order valence-corrected chi connectivity index (χ0v) is 10.4. The third-order valence-corrected chi connectivity index (χ3v) is 2.86. The molecule has 0 saturated heterocycles. The van der Waals surface area contributed by atoms with E-state index in [1.165, 1.54) is 0 Å². The van der Waals surface area contributed by atoms with E-state index in [0.717, 1.165) is 0 Å². The van der Waals surface area contributed by atoms with Gasteiger partial charge in [-0.3, -0.25) is 0 Å². The summed E-state index contributed by atoms with van der Waals surface area (Å²) in [5, 5.41) is 0.633. The first-order valence-electron chi connectivity index (χ1n) is 7.13. The number of hydrogen-bond acceptors (Lipinski definition) is 0. The van der Waals surface area contributed by atoms with Crippen LogP contribution in [-0.2, 0) is 0 Å². The molecule has 3 heteroatoms. The first kappa shape index (κ1) is 5.02. The Balaban J connectivity index is 2.73. The minimum Gasteiger partial charge on any atom is -0.355 e. The van der Waals surface area contributed by atoms with Gasteiger partial charge in [0.05, 0.1) is 8.22 Å². The topological polar surface area (TPSA) is 15.8 Å². The number of halogens is 2. The summed E-state index contributed by atoms with van der Waals surface area (Å²) in [4.78, 5) is 2.84. The van der Waals surface area contributed by atoms with Crippen molar-refractivity contribution in [1.29, 1.82) is 0 Å². The van der Waals surface area contributed by atoms with Crippen molar-refractivity contribution in [2.24, 2.45) is 0 Å². The lowest BCUT2D eigenvalue weighted by molar-refractivity contribution is 1.54. The van der Waals surface area contributed by atoms with Crippen LogP contribution < -0.4 is 0 Å². The van der Waals surface area contributed by atoms with Gasteiger partial charge in [-0.2, -0.15) is 0 Å². The van der Waals surface area contributed by atoms with Crippen LogP contribution in [0.5, 0.6) is 0 Å². The maximum atomic E-state index is 8.14. The summed E-state index contributed by atoms with van der Waals surface area (Å²) in [6.07, 6.45) is 0. The van der Waals surface area contributed by atoms with E-state index < -0.39 is 0 Å². The normalized spacial score (nSPS) is 16.9. The van der Waals surface area contributed by atoms with Crippen LogP contribution in [0.2, 0.25) is 0 Å². The van der Waals surface area contributed by atoms with Crippen LogP contribution in [0.4, 0.5) is 0 Å². The van der Waals surface area contributed by atoms with Gasteiger partial charge < -0.3 is 4.98 Å². The molecular weight excluding hydrogens is 318 g/mol. The van der Waals surface area contributed by atoms with Crippen molar-refractivity contribution in [1.82, 2.24) is 4.98 Å². The van der Waals surface area contributed by atoms with Crippen LogP contribution in [0.15, 0.2) is 45.2 Å². The number of rotatable bonds is 0. The van der Waals surface area contributed by atoms with E-state index in [4.69, 9.17) is 8.22 Å². The molecule has 0 aliphatic heterocycles. The second-order valence-electron chi connectivity index (χ2n) is 3.00. The largest absolute Gasteiger partial charge is 0.355 e. The Labute approximate surface area is 112 Å². The highest BCUT2D eigenvalue weighted by Crippen LogP contribution is 2.29. The first-order valence-corrected chi connectivity index (χ1v) is 5.71. The Kier molecular flexibility index (Phi) is 1.12. The molecule has 0 unspecified atom stereocenters. The number of fused-ring (bicyclic) bond motifs is 3. The maximum absolute atomic E-state index is 8.14. The molecule has 0 spiro atoms. The minimum atomic E-state index is -0.123. The van der Waals surface area contributed by atoms with E-state index in [0.29, 0.717) is 10.8 Å². The molecule has 0 fully saturated rings. The second kappa shape index (κ2) is 3.35. The zero-order valence-electron chi connectivity index (χ0n) is 13.3. The number of hydrogen-bond donors (Lipinski definition) is 1. The molecule has 15 heavy (non-hydrogen) atoms. The van der Waals surface area contributed by atoms with E-state index in [-0.39, 0.29) is 56.2 Å². The lowest BCUT2D eigenvalue weighted by Gasteiger charge is -1.93. The van der Waals surface area contributed by atoms with Crippen molar-refractivity contribution < 1.29 is 8.22 Å². The van der Waals surface area contributed by atoms with Crippen LogP contribution in [0.3, 0.4) is 0 Å². The molecule has 0 aliphatic rings. The van der Waals surface area contributed by atoms with Gasteiger partial charge in [-0.05, 0) is 36.3 Å². The fourth-order valence-electron chi connectivity index (χ4n) is 1.45. The Bertz CT molecular complexity index is 859. The fraction of sp³-hybridized carbons (Fsp3) is 0. The number of aromatic amines is 1. The summed E-state index contributed by atoms with van der Waals surface area (Å²) in [6, 6.07) is -0.467. The molecule has 0 bridgehead atoms. The van der Waals surface area contributed by atoms with E-state index in [2.05, 4.69) is 36.8 Å². The summed E-state index contributed by atoms with van der Waals surface area (Å²) >= 11 is 6.26. The molecule has 1 nitrogen and oxygen atoms in total. The van der Waals surface area contributed by atoms with Gasteiger partial charge in [-0.1, -0.05) is 31.9 Å². The summed E-state index contributed by atoms with van der Waals surface area (Å²) in [6.45, 7) is 0. The maximum Gasteiger partial charge on any atom is 0.0645 e. The molecule has 0 radical (unpaired) electrons. The van der Waals surface area contributed by atoms with Crippen molar-refractivity contribution >= 4 is 53.7 Å². The molecule has 0 amide bonds. The molecule has 1 aromatic heterocycles. The quantitative estimate of drug-likeness (QED) is 0.606. The molecule has 0 aliphatic carbocycles. The van der Waals surface area contributed by atoms with Gasteiger partial charge in [0.1, 0.15) is 0 Å². The van der Waals surface area contributed by atoms with Gasteiger partial charge >= 0.3 is 0 Å². The average molecular weight is 331 g/mol. The van der Waals surface area contributed by atoms with Crippen LogP contribution in [0, 0.1) is 0 Å². The van der Waals surface area contributed by atoms with Crippen molar-refractivity contribution in [3.8, 4) is 0 Å².